The highest BCUT2D eigenvalue weighted by atomic mass is 35.5. The molecule has 2 aliphatic rings. The topological polar surface area (TPSA) is 239 Å². The third-order valence-electron chi connectivity index (χ3n) is 8.45. The van der Waals surface area contributed by atoms with Crippen molar-refractivity contribution in [3.8, 4) is 11.5 Å². The van der Waals surface area contributed by atoms with Crippen LogP contribution >= 0.6 is 12.4 Å². The first-order valence-electron chi connectivity index (χ1n) is 17.5. The Labute approximate surface area is 345 Å². The van der Waals surface area contributed by atoms with Crippen LogP contribution in [0.3, 0.4) is 0 Å². The summed E-state index contributed by atoms with van der Waals surface area (Å²) in [7, 11) is 3.24. The number of fused-ring (bicyclic) bond motifs is 2. The van der Waals surface area contributed by atoms with E-state index < -0.39 is 24.0 Å². The summed E-state index contributed by atoms with van der Waals surface area (Å²) in [6.07, 6.45) is 6.15. The molecule has 6 heterocycles. The summed E-state index contributed by atoms with van der Waals surface area (Å²) in [5, 5.41) is 26.4. The molecule has 2 atom stereocenters. The lowest BCUT2D eigenvalue weighted by molar-refractivity contribution is -0.121. The summed E-state index contributed by atoms with van der Waals surface area (Å²) in [4.78, 5) is 58.4. The second-order valence-corrected chi connectivity index (χ2v) is 12.6. The number of aromatic nitrogens is 8. The molecule has 0 spiro atoms. The van der Waals surface area contributed by atoms with Crippen LogP contribution in [-0.2, 0) is 22.7 Å². The lowest BCUT2D eigenvalue weighted by Crippen LogP contribution is -2.49. The second-order valence-electron chi connectivity index (χ2n) is 12.6. The Morgan fingerprint density at radius 3 is 1.71 bits per heavy atom. The first-order valence-corrected chi connectivity index (χ1v) is 17.5. The molecule has 0 unspecified atom stereocenters. The number of benzene rings is 2. The van der Waals surface area contributed by atoms with Crippen molar-refractivity contribution in [2.75, 3.05) is 37.1 Å². The van der Waals surface area contributed by atoms with Crippen LogP contribution in [0, 0.1) is 0 Å². The maximum Gasteiger partial charge on any atom is 0.358 e. The molecule has 59 heavy (non-hydrogen) atoms. The molecule has 2 aromatic carbocycles. The third kappa shape index (κ3) is 11.4. The monoisotopic (exact) mass is 826 g/mol. The molecule has 0 saturated carbocycles. The van der Waals surface area contributed by atoms with Gasteiger partial charge in [-0.05, 0) is 35.4 Å². The number of anilines is 2. The van der Waals surface area contributed by atoms with E-state index in [0.717, 1.165) is 11.1 Å². The molecule has 4 N–H and O–H groups in total. The van der Waals surface area contributed by atoms with E-state index in [1.165, 1.54) is 20.7 Å². The van der Waals surface area contributed by atoms with E-state index in [9.17, 15) is 19.2 Å². The number of carbonyl (C=O) groups excluding carboxylic acids is 3. The molecular formula is C39H43ClN12O7. The Kier molecular flexibility index (Phi) is 15.7. The van der Waals surface area contributed by atoms with Crippen molar-refractivity contribution in [2.24, 2.45) is 5.73 Å². The summed E-state index contributed by atoms with van der Waals surface area (Å²) in [6, 6.07) is 24.9. The van der Waals surface area contributed by atoms with Crippen LogP contribution in [0.2, 0.25) is 0 Å². The SMILES string of the molecule is C.CN1C(=O)[C@@H](N)COc2cccnc21.CN1C(=O)[C@@H](NC(=O)c2cn(Cc3ccccc3)nn2)COc2cccnc21.Cl.O=C(O)c1cn(Cc2ccccc2)nn1. The van der Waals surface area contributed by atoms with Gasteiger partial charge in [0, 0.05) is 26.5 Å². The summed E-state index contributed by atoms with van der Waals surface area (Å²) in [5.41, 5.74) is 7.79. The van der Waals surface area contributed by atoms with Crippen molar-refractivity contribution in [1.82, 2.24) is 45.3 Å². The molecule has 19 nitrogen and oxygen atoms in total. The summed E-state index contributed by atoms with van der Waals surface area (Å²) in [6.45, 7) is 1.23. The van der Waals surface area contributed by atoms with Gasteiger partial charge in [0.1, 0.15) is 25.3 Å². The average molecular weight is 827 g/mol. The zero-order valence-corrected chi connectivity index (χ0v) is 32.0. The number of rotatable bonds is 7. The largest absolute Gasteiger partial charge is 0.488 e. The maximum absolute atomic E-state index is 12.7. The highest BCUT2D eigenvalue weighted by Gasteiger charge is 2.32. The molecule has 20 heteroatoms. The van der Waals surface area contributed by atoms with Crippen LogP contribution < -0.4 is 30.3 Å². The third-order valence-corrected chi connectivity index (χ3v) is 8.45. The van der Waals surface area contributed by atoms with Gasteiger partial charge in [-0.15, -0.1) is 22.6 Å². The van der Waals surface area contributed by atoms with Crippen LogP contribution in [0.4, 0.5) is 11.6 Å². The number of hydrogen-bond acceptors (Lipinski definition) is 13. The van der Waals surface area contributed by atoms with Crippen molar-refractivity contribution in [1.29, 1.82) is 0 Å². The summed E-state index contributed by atoms with van der Waals surface area (Å²) < 4.78 is 14.1. The maximum atomic E-state index is 12.7. The van der Waals surface area contributed by atoms with Crippen molar-refractivity contribution in [3.05, 3.63) is 132 Å². The van der Waals surface area contributed by atoms with Crippen LogP contribution in [0.15, 0.2) is 110 Å². The highest BCUT2D eigenvalue weighted by Crippen LogP contribution is 2.28. The van der Waals surface area contributed by atoms with Crippen molar-refractivity contribution in [3.63, 3.8) is 0 Å². The van der Waals surface area contributed by atoms with Gasteiger partial charge >= 0.3 is 5.97 Å². The molecule has 308 valence electrons. The number of carbonyl (C=O) groups is 4. The molecule has 3 amide bonds. The van der Waals surface area contributed by atoms with Gasteiger partial charge in [0.2, 0.25) is 5.91 Å². The van der Waals surface area contributed by atoms with Crippen molar-refractivity contribution >= 4 is 47.7 Å². The number of pyridine rings is 2. The molecule has 4 aromatic heterocycles. The zero-order valence-electron chi connectivity index (χ0n) is 31.2. The van der Waals surface area contributed by atoms with Crippen LogP contribution in [0.1, 0.15) is 39.5 Å². The van der Waals surface area contributed by atoms with Crippen LogP contribution in [0.5, 0.6) is 11.5 Å². The highest BCUT2D eigenvalue weighted by molar-refractivity contribution is 6.02. The first kappa shape index (κ1) is 44.5. The fraction of sp³-hybridized carbons (Fsp3) is 0.231. The minimum Gasteiger partial charge on any atom is -0.488 e. The van der Waals surface area contributed by atoms with E-state index in [-0.39, 0.29) is 56.2 Å². The van der Waals surface area contributed by atoms with E-state index in [2.05, 4.69) is 35.9 Å². The molecule has 6 aromatic rings. The van der Waals surface area contributed by atoms with E-state index in [1.807, 2.05) is 60.7 Å². The molecule has 0 aliphatic carbocycles. The smallest absolute Gasteiger partial charge is 0.358 e. The molecule has 8 rings (SSSR count). The van der Waals surface area contributed by atoms with Gasteiger partial charge in [0.05, 0.1) is 25.5 Å². The lowest BCUT2D eigenvalue weighted by atomic mass is 10.2. The second kappa shape index (κ2) is 20.8. The van der Waals surface area contributed by atoms with E-state index in [1.54, 1.807) is 61.6 Å². The van der Waals surface area contributed by atoms with Gasteiger partial charge in [-0.25, -0.2) is 24.1 Å². The molecule has 0 fully saturated rings. The van der Waals surface area contributed by atoms with E-state index in [0.29, 0.717) is 36.2 Å². The lowest BCUT2D eigenvalue weighted by Gasteiger charge is -2.19. The molecule has 0 radical (unpaired) electrons. The molecule has 2 aliphatic heterocycles. The first-order chi connectivity index (χ1) is 27.6. The average Bonchev–Trinajstić information content (AvgIpc) is 3.87. The Morgan fingerprint density at radius 2 is 1.20 bits per heavy atom. The number of likely N-dealkylation sites (N-methyl/N-ethyl adjacent to an activating group) is 2. The van der Waals surface area contributed by atoms with Gasteiger partial charge < -0.3 is 25.6 Å². The normalized spacial score (nSPS) is 15.2. The van der Waals surface area contributed by atoms with Gasteiger partial charge in [-0.2, -0.15) is 0 Å². The van der Waals surface area contributed by atoms with Gasteiger partial charge in [-0.1, -0.05) is 78.5 Å². The minimum absolute atomic E-state index is 0. The van der Waals surface area contributed by atoms with E-state index in [4.69, 9.17) is 20.3 Å². The number of hydrogen-bond donors (Lipinski definition) is 3. The molecule has 0 saturated heterocycles. The number of halogens is 1. The van der Waals surface area contributed by atoms with Crippen molar-refractivity contribution in [2.45, 2.75) is 32.6 Å². The Morgan fingerprint density at radius 1 is 0.729 bits per heavy atom. The van der Waals surface area contributed by atoms with Crippen LogP contribution in [-0.4, -0.2) is 108 Å². The number of nitrogens with zero attached hydrogens (tertiary/aromatic N) is 10. The van der Waals surface area contributed by atoms with Gasteiger partial charge in [-0.3, -0.25) is 24.2 Å². The van der Waals surface area contributed by atoms with E-state index >= 15 is 0 Å². The quantitative estimate of drug-likeness (QED) is 0.210. The fourth-order valence-corrected chi connectivity index (χ4v) is 5.51. The Balaban J connectivity index is 0.000000210. The predicted octanol–water partition coefficient (Wildman–Crippen LogP) is 2.72. The zero-order chi connectivity index (χ0) is 40.3. The summed E-state index contributed by atoms with van der Waals surface area (Å²) >= 11 is 0. The van der Waals surface area contributed by atoms with Gasteiger partial charge in [0.15, 0.2) is 34.5 Å². The van der Waals surface area contributed by atoms with Gasteiger partial charge in [0.25, 0.3) is 11.8 Å². The Hall–Kier alpha value is -7.25. The summed E-state index contributed by atoms with van der Waals surface area (Å²) in [5.74, 6) is -0.0310. The molecular weight excluding hydrogens is 784 g/mol. The number of aromatic carboxylic acids is 1. The fourth-order valence-electron chi connectivity index (χ4n) is 5.51. The Bertz CT molecular complexity index is 2330. The number of amides is 3. The van der Waals surface area contributed by atoms with Crippen molar-refractivity contribution < 1.29 is 33.8 Å². The number of ether oxygens (including phenoxy) is 2. The number of nitrogens with one attached hydrogen (secondary N) is 1. The van der Waals surface area contributed by atoms with Crippen LogP contribution in [0.25, 0.3) is 0 Å². The predicted molar refractivity (Wildman–Crippen MR) is 218 cm³/mol. The number of carboxylic acids is 1. The standard InChI is InChI=1S/C19H18N6O3.C10H9N3O2.C9H11N3O2.CH4.ClH/c1-24-17-16(8-5-9-20-17)28-12-15(19(24)27)21-18(26)14-11-25(23-22-14)10-13-6-3-2-4-7-13;14-10(15)9-7-13(12-11-9)6-8-4-2-1-3-5-8;1-12-8-7(3-2-4-11-8)14-5-6(10)9(12)13;;/h2-9,11,15H,10,12H2,1H3,(H,21,26);1-5,7H,6H2,(H,14,15);2-4,6H,5,10H2,1H3;1H4;1H/t15-;;6-;;/m0.0../s1. The minimum atomic E-state index is -1.06. The molecule has 0 bridgehead atoms. The number of nitrogens with two attached hydrogens (primary N) is 1. The number of carboxylic acid groups (broad SMARTS) is 1.